The third-order valence-corrected chi connectivity index (χ3v) is 13.3. The molecular formula is C24H36N3O7PS4. The minimum atomic E-state index is -3.75. The van der Waals surface area contributed by atoms with E-state index in [4.69, 9.17) is 20.9 Å². The highest BCUT2D eigenvalue weighted by molar-refractivity contribution is 8.67. The molecule has 15 heteroatoms. The molecule has 1 aliphatic rings. The molecule has 0 aliphatic carbocycles. The van der Waals surface area contributed by atoms with Crippen molar-refractivity contribution < 1.29 is 30.7 Å². The van der Waals surface area contributed by atoms with E-state index in [9.17, 15) is 21.6 Å². The van der Waals surface area contributed by atoms with Gasteiger partial charge in [-0.05, 0) is 77.6 Å². The maximum Gasteiger partial charge on any atom is 0.326 e. The number of nitrogens with zero attached hydrogens (tertiary/aromatic N) is 1. The van der Waals surface area contributed by atoms with E-state index in [0.717, 1.165) is 4.31 Å². The van der Waals surface area contributed by atoms with Crippen LogP contribution in [0.25, 0.3) is 0 Å². The molecule has 2 aromatic carbocycles. The van der Waals surface area contributed by atoms with Crippen LogP contribution in [0.4, 0.5) is 5.69 Å². The number of carbonyl (C=O) groups is 1. The first-order valence-corrected chi connectivity index (χ1v) is 19.3. The van der Waals surface area contributed by atoms with E-state index < -0.39 is 37.9 Å². The molecule has 0 unspecified atom stereocenters. The first-order valence-electron chi connectivity index (χ1n) is 12.2. The second-order valence-corrected chi connectivity index (χ2v) is 18.8. The van der Waals surface area contributed by atoms with Crippen LogP contribution in [0, 0.1) is 0 Å². The molecule has 0 bridgehead atoms. The van der Waals surface area contributed by atoms with Gasteiger partial charge in [-0.2, -0.15) is 8.42 Å². The van der Waals surface area contributed by atoms with Crippen molar-refractivity contribution in [3.63, 3.8) is 0 Å². The molecule has 218 valence electrons. The summed E-state index contributed by atoms with van der Waals surface area (Å²) in [6.07, 6.45) is -0.0683. The number of hydrogen-bond acceptors (Lipinski definition) is 9. The number of carbonyl (C=O) groups excluding carboxylic acids is 1. The monoisotopic (exact) mass is 637 g/mol. The van der Waals surface area contributed by atoms with Crippen molar-refractivity contribution in [1.82, 2.24) is 9.03 Å². The maximum absolute atomic E-state index is 12.1. The van der Waals surface area contributed by atoms with Crippen LogP contribution in [0.2, 0.25) is 0 Å². The van der Waals surface area contributed by atoms with Crippen molar-refractivity contribution in [3.8, 4) is 0 Å². The summed E-state index contributed by atoms with van der Waals surface area (Å²) in [5, 5.41) is 0. The van der Waals surface area contributed by atoms with E-state index in [2.05, 4.69) is 9.44 Å². The second-order valence-electron chi connectivity index (χ2n) is 9.15. The molecule has 39 heavy (non-hydrogen) atoms. The fourth-order valence-electron chi connectivity index (χ4n) is 3.31. The largest absolute Gasteiger partial charge is 0.326 e. The smallest absolute Gasteiger partial charge is 0.319 e. The van der Waals surface area contributed by atoms with Crippen molar-refractivity contribution in [2.24, 2.45) is 0 Å². The molecule has 0 aromatic heterocycles. The predicted octanol–water partition coefficient (Wildman–Crippen LogP) is 4.98. The topological polar surface area (TPSA) is 131 Å². The highest BCUT2D eigenvalue weighted by atomic mass is 32.9. The van der Waals surface area contributed by atoms with Crippen molar-refractivity contribution in [2.45, 2.75) is 64.7 Å². The molecule has 0 saturated heterocycles. The third-order valence-electron chi connectivity index (χ3n) is 4.70. The van der Waals surface area contributed by atoms with E-state index in [0.29, 0.717) is 17.0 Å². The molecule has 1 amide bonds. The molecule has 0 fully saturated rings. The Kier molecular flexibility index (Phi) is 12.4. The lowest BCUT2D eigenvalue weighted by Crippen LogP contribution is -2.48. The summed E-state index contributed by atoms with van der Waals surface area (Å²) in [6.45, 7) is 11.2. The molecule has 2 N–H and O–H groups in total. The van der Waals surface area contributed by atoms with Gasteiger partial charge in [-0.15, -0.1) is 0 Å². The highest BCUT2D eigenvalue weighted by Crippen LogP contribution is 2.62. The third kappa shape index (κ3) is 10.1. The van der Waals surface area contributed by atoms with E-state index >= 15 is 0 Å². The minimum absolute atomic E-state index is 0.0342. The number of fused-ring (bicyclic) bond motifs is 1. The number of nitrogens with one attached hydrogen (secondary N) is 2. The van der Waals surface area contributed by atoms with E-state index in [1.54, 1.807) is 68.4 Å². The van der Waals surface area contributed by atoms with Gasteiger partial charge in [0.1, 0.15) is 0 Å². The fourth-order valence-corrected chi connectivity index (χ4v) is 11.6. The Balaban J connectivity index is 0.000000290. The number of sulfonamides is 1. The molecule has 10 nitrogen and oxygen atoms in total. The Hall–Kier alpha value is -1.51. The average molecular weight is 638 g/mol. The van der Waals surface area contributed by atoms with Gasteiger partial charge in [-0.1, -0.05) is 41.7 Å². The van der Waals surface area contributed by atoms with Crippen molar-refractivity contribution in [2.75, 3.05) is 17.0 Å². The first kappa shape index (κ1) is 33.7. The number of benzene rings is 2. The van der Waals surface area contributed by atoms with Crippen molar-refractivity contribution in [1.29, 1.82) is 0 Å². The summed E-state index contributed by atoms with van der Waals surface area (Å²) in [4.78, 5) is 12.2. The Morgan fingerprint density at radius 1 is 0.974 bits per heavy atom. The molecule has 0 spiro atoms. The zero-order valence-corrected chi connectivity index (χ0v) is 26.9. The Bertz CT molecular complexity index is 1360. The van der Waals surface area contributed by atoms with Crippen LogP contribution >= 0.6 is 17.1 Å². The molecule has 0 radical (unpaired) electrons. The standard InChI is InChI=1S/C14H24NO4PS3.C10H12N2O3S/c1-12(2)18-20(21,19-13(3)4)22-11-10-15-23(16,17)14-8-6-5-7-9-14;1-7(2)12-10(13)8-5-3-4-6-9(8)11-16(12,14)15/h5-9,12-13,15H,10-11H2,1-4H3;3-7,11H,1-2H3. The van der Waals surface area contributed by atoms with Gasteiger partial charge < -0.3 is 9.05 Å². The van der Waals surface area contributed by atoms with Crippen LogP contribution < -0.4 is 9.44 Å². The number of anilines is 1. The van der Waals surface area contributed by atoms with Gasteiger partial charge in [0, 0.05) is 18.3 Å². The Morgan fingerprint density at radius 2 is 1.51 bits per heavy atom. The molecule has 1 aliphatic heterocycles. The van der Waals surface area contributed by atoms with Gasteiger partial charge >= 0.3 is 10.2 Å². The summed E-state index contributed by atoms with van der Waals surface area (Å²) in [5.41, 5.74) is -1.75. The van der Waals surface area contributed by atoms with Gasteiger partial charge in [0.05, 0.1) is 28.4 Å². The first-order chi connectivity index (χ1) is 18.1. The Labute approximate surface area is 241 Å². The van der Waals surface area contributed by atoms with Gasteiger partial charge in [-0.25, -0.2) is 17.4 Å². The number of para-hydroxylation sites is 1. The van der Waals surface area contributed by atoms with Crippen LogP contribution in [0.15, 0.2) is 59.5 Å². The second kappa shape index (κ2) is 14.4. The van der Waals surface area contributed by atoms with Crippen LogP contribution in [-0.2, 0) is 41.1 Å². The quantitative estimate of drug-likeness (QED) is 0.259. The SMILES string of the molecule is CC(C)N1C(=O)c2ccccc2NS1(=O)=O.CC(C)OP(=S)(OC(C)C)SCCNS(=O)(=O)c1ccccc1. The van der Waals surface area contributed by atoms with Crippen LogP contribution in [-0.4, -0.2) is 57.6 Å². The molecule has 3 rings (SSSR count). The van der Waals surface area contributed by atoms with Gasteiger partial charge in [0.25, 0.3) is 5.91 Å². The van der Waals surface area contributed by atoms with E-state index in [1.165, 1.54) is 11.4 Å². The lowest BCUT2D eigenvalue weighted by Gasteiger charge is -2.31. The lowest BCUT2D eigenvalue weighted by atomic mass is 10.1. The van der Waals surface area contributed by atoms with Crippen LogP contribution in [0.5, 0.6) is 0 Å². The van der Waals surface area contributed by atoms with Crippen LogP contribution in [0.1, 0.15) is 51.9 Å². The lowest BCUT2D eigenvalue weighted by molar-refractivity contribution is 0.0834. The summed E-state index contributed by atoms with van der Waals surface area (Å²) >= 11 is 6.88. The number of hydrogen-bond donors (Lipinski definition) is 2. The highest BCUT2D eigenvalue weighted by Gasteiger charge is 2.36. The summed E-state index contributed by atoms with van der Waals surface area (Å²) < 4.78 is 65.1. The normalized spacial score (nSPS) is 15.1. The van der Waals surface area contributed by atoms with Gasteiger partial charge in [0.15, 0.2) is 0 Å². The Morgan fingerprint density at radius 3 is 2.05 bits per heavy atom. The van der Waals surface area contributed by atoms with Crippen LogP contribution in [0.3, 0.4) is 0 Å². The van der Waals surface area contributed by atoms with Crippen molar-refractivity contribution in [3.05, 3.63) is 60.2 Å². The minimum Gasteiger partial charge on any atom is -0.319 e. The molecule has 1 heterocycles. The number of amides is 1. The van der Waals surface area contributed by atoms with Gasteiger partial charge in [-0.3, -0.25) is 9.52 Å². The molecule has 0 saturated carbocycles. The zero-order chi connectivity index (χ0) is 29.4. The fraction of sp³-hybridized carbons (Fsp3) is 0.458. The average Bonchev–Trinajstić information content (AvgIpc) is 2.81. The molecular weight excluding hydrogens is 602 g/mol. The summed E-state index contributed by atoms with van der Waals surface area (Å²) in [5.74, 6) is 0.00679. The summed E-state index contributed by atoms with van der Waals surface area (Å²) in [7, 11) is -7.24. The molecule has 2 aromatic rings. The maximum atomic E-state index is 12.1. The van der Waals surface area contributed by atoms with Crippen molar-refractivity contribution >= 4 is 60.7 Å². The summed E-state index contributed by atoms with van der Waals surface area (Å²) in [6, 6.07) is 14.4. The molecule has 0 atom stereocenters. The van der Waals surface area contributed by atoms with Gasteiger partial charge in [0.2, 0.25) is 15.7 Å². The predicted molar refractivity (Wildman–Crippen MR) is 161 cm³/mol. The van der Waals surface area contributed by atoms with E-state index in [1.807, 2.05) is 27.7 Å². The number of rotatable bonds is 11. The van der Waals surface area contributed by atoms with E-state index in [-0.39, 0.29) is 23.6 Å². The zero-order valence-electron chi connectivity index (χ0n) is 22.7.